The molecule has 1 unspecified atom stereocenters. The van der Waals surface area contributed by atoms with E-state index in [9.17, 15) is 22.8 Å². The molecule has 1 fully saturated rings. The quantitative estimate of drug-likeness (QED) is 0.759. The number of aromatic nitrogens is 1. The minimum atomic E-state index is -4.56. The van der Waals surface area contributed by atoms with E-state index in [4.69, 9.17) is 4.74 Å². The highest BCUT2D eigenvalue weighted by Crippen LogP contribution is 2.35. The van der Waals surface area contributed by atoms with Gasteiger partial charge in [-0.15, -0.1) is 0 Å². The molecule has 2 aliphatic rings. The van der Waals surface area contributed by atoms with Crippen molar-refractivity contribution in [2.75, 3.05) is 23.8 Å². The topological polar surface area (TPSA) is 83.6 Å². The molecule has 1 atom stereocenters. The molecule has 11 heteroatoms. The summed E-state index contributed by atoms with van der Waals surface area (Å²) in [6.45, 7) is 1.09. The van der Waals surface area contributed by atoms with E-state index in [1.165, 1.54) is 34.4 Å². The largest absolute Gasteiger partial charge is 0.418 e. The highest BCUT2D eigenvalue weighted by atomic mass is 32.1. The molecule has 1 aromatic carbocycles. The SMILES string of the molecule is O=C(Nc1nc2c(s1)CN(C(=O)Nc1ccccc1C(F)(F)F)CC2)C1CCCO1. The van der Waals surface area contributed by atoms with Crippen LogP contribution in [0.15, 0.2) is 24.3 Å². The van der Waals surface area contributed by atoms with Gasteiger partial charge in [-0.25, -0.2) is 9.78 Å². The summed E-state index contributed by atoms with van der Waals surface area (Å²) >= 11 is 1.26. The van der Waals surface area contributed by atoms with Crippen molar-refractivity contribution in [1.29, 1.82) is 0 Å². The summed E-state index contributed by atoms with van der Waals surface area (Å²) in [5.41, 5.74) is -0.398. The Balaban J connectivity index is 1.41. The van der Waals surface area contributed by atoms with Gasteiger partial charge in [0.2, 0.25) is 0 Å². The third-order valence-corrected chi connectivity index (χ3v) is 5.94. The highest BCUT2D eigenvalue weighted by molar-refractivity contribution is 7.15. The number of hydrogen-bond donors (Lipinski definition) is 2. The third-order valence-electron chi connectivity index (χ3n) is 4.94. The lowest BCUT2D eigenvalue weighted by Crippen LogP contribution is -2.38. The van der Waals surface area contributed by atoms with Crippen LogP contribution in [0.2, 0.25) is 0 Å². The van der Waals surface area contributed by atoms with Gasteiger partial charge in [0.25, 0.3) is 5.91 Å². The molecular weight excluding hydrogens is 421 g/mol. The van der Waals surface area contributed by atoms with Crippen molar-refractivity contribution in [2.45, 2.75) is 38.1 Å². The summed E-state index contributed by atoms with van der Waals surface area (Å²) in [4.78, 5) is 31.4. The van der Waals surface area contributed by atoms with Crippen LogP contribution in [0, 0.1) is 0 Å². The Morgan fingerprint density at radius 2 is 2.03 bits per heavy atom. The van der Waals surface area contributed by atoms with E-state index in [1.807, 2.05) is 0 Å². The van der Waals surface area contributed by atoms with E-state index in [0.717, 1.165) is 23.1 Å². The monoisotopic (exact) mass is 440 g/mol. The molecule has 3 heterocycles. The lowest BCUT2D eigenvalue weighted by Gasteiger charge is -2.26. The summed E-state index contributed by atoms with van der Waals surface area (Å²) in [7, 11) is 0. The van der Waals surface area contributed by atoms with Crippen molar-refractivity contribution in [3.05, 3.63) is 40.4 Å². The van der Waals surface area contributed by atoms with Crippen LogP contribution < -0.4 is 10.6 Å². The Morgan fingerprint density at radius 3 is 2.77 bits per heavy atom. The Morgan fingerprint density at radius 1 is 1.23 bits per heavy atom. The number of benzene rings is 1. The number of nitrogens with one attached hydrogen (secondary N) is 2. The molecule has 4 rings (SSSR count). The molecular formula is C19H19F3N4O3S. The van der Waals surface area contributed by atoms with Gasteiger partial charge in [0.05, 0.1) is 23.5 Å². The Kier molecular flexibility index (Phi) is 5.65. The van der Waals surface area contributed by atoms with Crippen molar-refractivity contribution in [3.63, 3.8) is 0 Å². The summed E-state index contributed by atoms with van der Waals surface area (Å²) < 4.78 is 44.8. The number of anilines is 2. The second-order valence-corrected chi connectivity index (χ2v) is 8.11. The first kappa shape index (κ1) is 20.6. The predicted octanol–water partition coefficient (Wildman–Crippen LogP) is 3.87. The number of carbonyl (C=O) groups excluding carboxylic acids is 2. The summed E-state index contributed by atoms with van der Waals surface area (Å²) in [5, 5.41) is 5.54. The fourth-order valence-corrected chi connectivity index (χ4v) is 4.45. The number of fused-ring (bicyclic) bond motifs is 1. The van der Waals surface area contributed by atoms with Gasteiger partial charge in [-0.05, 0) is 25.0 Å². The molecule has 2 N–H and O–H groups in total. The number of carbonyl (C=O) groups is 2. The van der Waals surface area contributed by atoms with Crippen molar-refractivity contribution in [2.24, 2.45) is 0 Å². The first-order chi connectivity index (χ1) is 14.3. The van der Waals surface area contributed by atoms with E-state index >= 15 is 0 Å². The maximum atomic E-state index is 13.1. The standard InChI is InChI=1S/C19H19F3N4O3S/c20-19(21,22)11-4-1-2-5-12(11)24-18(28)26-8-7-13-15(10-26)30-17(23-13)25-16(27)14-6-3-9-29-14/h1-2,4-5,14H,3,6-10H2,(H,24,28)(H,23,25,27). The fourth-order valence-electron chi connectivity index (χ4n) is 3.43. The maximum Gasteiger partial charge on any atom is 0.418 e. The van der Waals surface area contributed by atoms with Gasteiger partial charge in [0.1, 0.15) is 6.10 Å². The summed E-state index contributed by atoms with van der Waals surface area (Å²) in [6, 6.07) is 4.24. The molecule has 30 heavy (non-hydrogen) atoms. The van der Waals surface area contributed by atoms with Crippen LogP contribution in [0.5, 0.6) is 0 Å². The lowest BCUT2D eigenvalue weighted by molar-refractivity contribution is -0.137. The van der Waals surface area contributed by atoms with Gasteiger partial charge in [-0.3, -0.25) is 10.1 Å². The number of alkyl halides is 3. The molecule has 1 saturated heterocycles. The number of urea groups is 1. The predicted molar refractivity (Wildman–Crippen MR) is 104 cm³/mol. The van der Waals surface area contributed by atoms with Gasteiger partial charge < -0.3 is 15.0 Å². The molecule has 160 valence electrons. The van der Waals surface area contributed by atoms with Crippen molar-refractivity contribution in [3.8, 4) is 0 Å². The lowest BCUT2D eigenvalue weighted by atomic mass is 10.1. The van der Waals surface area contributed by atoms with E-state index < -0.39 is 23.9 Å². The zero-order valence-electron chi connectivity index (χ0n) is 15.8. The molecule has 0 saturated carbocycles. The average Bonchev–Trinajstić information content (AvgIpc) is 3.36. The average molecular weight is 440 g/mol. The molecule has 7 nitrogen and oxygen atoms in total. The number of nitrogens with zero attached hydrogens (tertiary/aromatic N) is 2. The van der Waals surface area contributed by atoms with Gasteiger partial charge in [-0.2, -0.15) is 13.2 Å². The number of halogens is 3. The van der Waals surface area contributed by atoms with E-state index in [2.05, 4.69) is 15.6 Å². The zero-order valence-corrected chi connectivity index (χ0v) is 16.6. The normalized spacial score (nSPS) is 18.8. The second-order valence-electron chi connectivity index (χ2n) is 7.02. The van der Waals surface area contributed by atoms with Crippen LogP contribution >= 0.6 is 11.3 Å². The molecule has 3 amide bonds. The van der Waals surface area contributed by atoms with Crippen molar-refractivity contribution >= 4 is 34.1 Å². The second kappa shape index (κ2) is 8.23. The number of hydrogen-bond acceptors (Lipinski definition) is 5. The number of para-hydroxylation sites is 1. The van der Waals surface area contributed by atoms with Gasteiger partial charge >= 0.3 is 12.2 Å². The molecule has 2 aromatic rings. The molecule has 2 aliphatic heterocycles. The van der Waals surface area contributed by atoms with Crippen LogP contribution in [-0.2, 0) is 28.7 Å². The molecule has 0 spiro atoms. The first-order valence-electron chi connectivity index (χ1n) is 9.44. The van der Waals surface area contributed by atoms with Crippen LogP contribution in [0.4, 0.5) is 28.8 Å². The molecule has 0 radical (unpaired) electrons. The third kappa shape index (κ3) is 4.41. The summed E-state index contributed by atoms with van der Waals surface area (Å²) in [6.07, 6.45) is -3.07. The van der Waals surface area contributed by atoms with Crippen LogP contribution in [0.3, 0.4) is 0 Å². The first-order valence-corrected chi connectivity index (χ1v) is 10.3. The zero-order chi connectivity index (χ0) is 21.3. The fraction of sp³-hybridized carbons (Fsp3) is 0.421. The molecule has 0 aliphatic carbocycles. The van der Waals surface area contributed by atoms with E-state index in [-0.39, 0.29) is 18.1 Å². The van der Waals surface area contributed by atoms with Crippen molar-refractivity contribution in [1.82, 2.24) is 9.88 Å². The Hall–Kier alpha value is -2.66. The molecule has 0 bridgehead atoms. The van der Waals surface area contributed by atoms with Crippen LogP contribution in [-0.4, -0.2) is 41.1 Å². The van der Waals surface area contributed by atoms with Crippen LogP contribution in [0.1, 0.15) is 29.0 Å². The van der Waals surface area contributed by atoms with E-state index in [0.29, 0.717) is 31.1 Å². The van der Waals surface area contributed by atoms with Gasteiger partial charge in [-0.1, -0.05) is 23.5 Å². The Bertz CT molecular complexity index is 957. The minimum absolute atomic E-state index is 0.211. The minimum Gasteiger partial charge on any atom is -0.368 e. The number of amides is 3. The number of thiazole rings is 1. The van der Waals surface area contributed by atoms with Gasteiger partial charge in [0.15, 0.2) is 5.13 Å². The van der Waals surface area contributed by atoms with Crippen molar-refractivity contribution < 1.29 is 27.5 Å². The smallest absolute Gasteiger partial charge is 0.368 e. The van der Waals surface area contributed by atoms with Gasteiger partial charge in [0, 0.05) is 24.4 Å². The summed E-state index contributed by atoms with van der Waals surface area (Å²) in [5.74, 6) is -0.239. The maximum absolute atomic E-state index is 13.1. The Labute approximate surface area is 174 Å². The van der Waals surface area contributed by atoms with Crippen LogP contribution in [0.25, 0.3) is 0 Å². The van der Waals surface area contributed by atoms with E-state index in [1.54, 1.807) is 0 Å². The number of ether oxygens (including phenoxy) is 1. The number of rotatable bonds is 3. The molecule has 1 aromatic heterocycles. The highest BCUT2D eigenvalue weighted by Gasteiger charge is 2.34.